The van der Waals surface area contributed by atoms with Gasteiger partial charge in [0.15, 0.2) is 0 Å². The molecular weight excluding hydrogens is 393 g/mol. The van der Waals surface area contributed by atoms with Crippen molar-refractivity contribution >= 4 is 21.8 Å². The van der Waals surface area contributed by atoms with Crippen LogP contribution in [0.5, 0.6) is 0 Å². The van der Waals surface area contributed by atoms with E-state index >= 15 is 0 Å². The van der Waals surface area contributed by atoms with Gasteiger partial charge in [0.1, 0.15) is 4.75 Å². The molecule has 2 aromatic rings. The number of nitrogens with one attached hydrogen (secondary N) is 2. The van der Waals surface area contributed by atoms with Gasteiger partial charge in [0.2, 0.25) is 15.6 Å². The van der Waals surface area contributed by atoms with Crippen LogP contribution in [-0.4, -0.2) is 18.1 Å². The van der Waals surface area contributed by atoms with Gasteiger partial charge in [-0.2, -0.15) is 13.2 Å². The summed E-state index contributed by atoms with van der Waals surface area (Å²) in [6.45, 7) is 3.31. The molecule has 0 amide bonds. The minimum Gasteiger partial charge on any atom is -0.322 e. The van der Waals surface area contributed by atoms with Gasteiger partial charge in [-0.1, -0.05) is 25.1 Å². The van der Waals surface area contributed by atoms with Gasteiger partial charge in [0.05, 0.1) is 5.56 Å². The average Bonchev–Trinajstić information content (AvgIpc) is 2.61. The molecular formula is C19H19F3N2O3S. The lowest BCUT2D eigenvalue weighted by atomic mass is 9.89. The van der Waals surface area contributed by atoms with Gasteiger partial charge < -0.3 is 4.98 Å². The molecule has 1 aliphatic carbocycles. The van der Waals surface area contributed by atoms with Crippen molar-refractivity contribution in [2.24, 2.45) is 0 Å². The molecule has 150 valence electrons. The number of halogens is 3. The van der Waals surface area contributed by atoms with Crippen molar-refractivity contribution in [2.75, 3.05) is 4.72 Å². The highest BCUT2D eigenvalue weighted by Crippen LogP contribution is 2.38. The van der Waals surface area contributed by atoms with Crippen LogP contribution in [0.15, 0.2) is 41.2 Å². The fraction of sp³-hybridized carbons (Fsp3) is 0.316. The average molecular weight is 412 g/mol. The lowest BCUT2D eigenvalue weighted by molar-refractivity contribution is -0.138. The van der Waals surface area contributed by atoms with Gasteiger partial charge in [-0.05, 0) is 49.1 Å². The first-order valence-corrected chi connectivity index (χ1v) is 10.1. The molecule has 0 aliphatic heterocycles. The Morgan fingerprint density at radius 1 is 1.21 bits per heavy atom. The van der Waals surface area contributed by atoms with Crippen LogP contribution < -0.4 is 10.3 Å². The van der Waals surface area contributed by atoms with Crippen molar-refractivity contribution in [3.05, 3.63) is 69.1 Å². The SMILES string of the molecule is CCc1ccc(NS(=O)(=O)C2(C)C=Cc3[nH]c(=O)cc(C(F)(F)F)c3C2)cc1. The number of aryl methyl sites for hydroxylation is 1. The highest BCUT2D eigenvalue weighted by Gasteiger charge is 2.44. The van der Waals surface area contributed by atoms with Crippen molar-refractivity contribution in [3.8, 4) is 0 Å². The zero-order chi connectivity index (χ0) is 20.7. The maximum Gasteiger partial charge on any atom is 0.416 e. The van der Waals surface area contributed by atoms with Gasteiger partial charge in [-0.25, -0.2) is 8.42 Å². The lowest BCUT2D eigenvalue weighted by Crippen LogP contribution is -2.42. The number of anilines is 1. The third-order valence-electron chi connectivity index (χ3n) is 4.85. The van der Waals surface area contributed by atoms with Crippen LogP contribution in [0.1, 0.15) is 36.2 Å². The second kappa shape index (κ2) is 6.80. The molecule has 1 aliphatic rings. The summed E-state index contributed by atoms with van der Waals surface area (Å²) in [6, 6.07) is 7.23. The van der Waals surface area contributed by atoms with Gasteiger partial charge >= 0.3 is 6.18 Å². The predicted octanol–water partition coefficient (Wildman–Crippen LogP) is 3.73. The molecule has 0 spiro atoms. The third kappa shape index (κ3) is 3.71. The van der Waals surface area contributed by atoms with E-state index in [0.29, 0.717) is 11.8 Å². The number of rotatable bonds is 4. The molecule has 1 unspecified atom stereocenters. The quantitative estimate of drug-likeness (QED) is 0.803. The number of H-pyrrole nitrogens is 1. The Kier molecular flexibility index (Phi) is 4.91. The summed E-state index contributed by atoms with van der Waals surface area (Å²) in [5, 5.41) is 0. The highest BCUT2D eigenvalue weighted by molar-refractivity contribution is 7.94. The topological polar surface area (TPSA) is 79.0 Å². The van der Waals surface area contributed by atoms with Crippen LogP contribution >= 0.6 is 0 Å². The highest BCUT2D eigenvalue weighted by atomic mass is 32.2. The molecule has 9 heteroatoms. The Morgan fingerprint density at radius 2 is 1.86 bits per heavy atom. The van der Waals surface area contributed by atoms with Crippen molar-refractivity contribution in [2.45, 2.75) is 37.6 Å². The first-order valence-electron chi connectivity index (χ1n) is 8.59. The number of benzene rings is 1. The molecule has 28 heavy (non-hydrogen) atoms. The Hall–Kier alpha value is -2.55. The molecule has 1 atom stereocenters. The molecule has 0 saturated heterocycles. The number of aromatic amines is 1. The van der Waals surface area contributed by atoms with Gasteiger partial charge in [-0.3, -0.25) is 9.52 Å². The van der Waals surface area contributed by atoms with E-state index in [1.807, 2.05) is 6.92 Å². The molecule has 0 bridgehead atoms. The number of hydrogen-bond acceptors (Lipinski definition) is 3. The van der Waals surface area contributed by atoms with Crippen LogP contribution in [0.2, 0.25) is 0 Å². The molecule has 2 N–H and O–H groups in total. The first-order chi connectivity index (χ1) is 12.9. The fourth-order valence-electron chi connectivity index (χ4n) is 3.13. The predicted molar refractivity (Wildman–Crippen MR) is 102 cm³/mol. The number of fused-ring (bicyclic) bond motifs is 1. The van der Waals surface area contributed by atoms with Crippen LogP contribution in [-0.2, 0) is 29.0 Å². The maximum absolute atomic E-state index is 13.4. The standard InChI is InChI=1S/C19H19F3N2O3S/c1-3-12-4-6-13(7-5-12)24-28(26,27)18(2)9-8-16-14(11-18)15(19(20,21)22)10-17(25)23-16/h4-10,24H,3,11H2,1-2H3,(H,23,25). The molecule has 1 aromatic carbocycles. The zero-order valence-electron chi connectivity index (χ0n) is 15.2. The Labute approximate surface area is 160 Å². The Morgan fingerprint density at radius 3 is 2.43 bits per heavy atom. The molecule has 5 nitrogen and oxygen atoms in total. The summed E-state index contributed by atoms with van der Waals surface area (Å²) in [5.41, 5.74) is -0.932. The lowest BCUT2D eigenvalue weighted by Gasteiger charge is -2.31. The minimum absolute atomic E-state index is 0.0280. The summed E-state index contributed by atoms with van der Waals surface area (Å²) >= 11 is 0. The van der Waals surface area contributed by atoms with Crippen molar-refractivity contribution in [1.29, 1.82) is 0 Å². The first kappa shape index (κ1) is 20.2. The second-order valence-corrected chi connectivity index (χ2v) is 9.06. The van der Waals surface area contributed by atoms with Crippen LogP contribution in [0.3, 0.4) is 0 Å². The Balaban J connectivity index is 1.99. The van der Waals surface area contributed by atoms with E-state index in [0.717, 1.165) is 12.0 Å². The second-order valence-electron chi connectivity index (χ2n) is 6.92. The molecule has 3 rings (SSSR count). The number of hydrogen-bond donors (Lipinski definition) is 2. The van der Waals surface area contributed by atoms with E-state index in [-0.39, 0.29) is 11.3 Å². The monoisotopic (exact) mass is 412 g/mol. The van der Waals surface area contributed by atoms with E-state index in [9.17, 15) is 26.4 Å². The van der Waals surface area contributed by atoms with Crippen molar-refractivity contribution < 1.29 is 21.6 Å². The van der Waals surface area contributed by atoms with E-state index in [2.05, 4.69) is 9.71 Å². The van der Waals surface area contributed by atoms with E-state index < -0.39 is 38.5 Å². The number of alkyl halides is 3. The molecule has 0 saturated carbocycles. The summed E-state index contributed by atoms with van der Waals surface area (Å²) in [5.74, 6) is 0. The Bertz CT molecular complexity index is 1090. The van der Waals surface area contributed by atoms with Crippen molar-refractivity contribution in [3.63, 3.8) is 0 Å². The zero-order valence-corrected chi connectivity index (χ0v) is 16.0. The molecule has 0 fully saturated rings. The minimum atomic E-state index is -4.77. The van der Waals surface area contributed by atoms with E-state index in [1.165, 1.54) is 19.1 Å². The van der Waals surface area contributed by atoms with Gasteiger partial charge in [0, 0.05) is 17.4 Å². The maximum atomic E-state index is 13.4. The molecule has 0 radical (unpaired) electrons. The normalized spacial score (nSPS) is 19.3. The summed E-state index contributed by atoms with van der Waals surface area (Å²) in [4.78, 5) is 13.9. The summed E-state index contributed by atoms with van der Waals surface area (Å²) < 4.78 is 66.9. The van der Waals surface area contributed by atoms with Crippen molar-refractivity contribution in [1.82, 2.24) is 4.98 Å². The fourth-order valence-corrected chi connectivity index (χ4v) is 4.39. The largest absolute Gasteiger partial charge is 0.416 e. The smallest absolute Gasteiger partial charge is 0.322 e. The van der Waals surface area contributed by atoms with Crippen LogP contribution in [0, 0.1) is 0 Å². The number of pyridine rings is 1. The van der Waals surface area contributed by atoms with Crippen LogP contribution in [0.4, 0.5) is 18.9 Å². The summed E-state index contributed by atoms with van der Waals surface area (Å²) in [7, 11) is -4.07. The van der Waals surface area contributed by atoms with E-state index in [4.69, 9.17) is 0 Å². The summed E-state index contributed by atoms with van der Waals surface area (Å²) in [6.07, 6.45) is -1.88. The van der Waals surface area contributed by atoms with Crippen LogP contribution in [0.25, 0.3) is 6.08 Å². The third-order valence-corrected chi connectivity index (χ3v) is 6.86. The molecule has 1 aromatic heterocycles. The number of sulfonamides is 1. The number of aromatic nitrogens is 1. The van der Waals surface area contributed by atoms with Gasteiger partial charge in [0.25, 0.3) is 0 Å². The van der Waals surface area contributed by atoms with E-state index in [1.54, 1.807) is 24.3 Å². The molecule has 1 heterocycles. The van der Waals surface area contributed by atoms with Gasteiger partial charge in [-0.15, -0.1) is 0 Å².